The van der Waals surface area contributed by atoms with Crippen LogP contribution in [0.5, 0.6) is 5.75 Å². The van der Waals surface area contributed by atoms with Crippen molar-refractivity contribution >= 4 is 11.6 Å². The summed E-state index contributed by atoms with van der Waals surface area (Å²) in [4.78, 5) is 0. The molecule has 1 aromatic rings. The van der Waals surface area contributed by atoms with Gasteiger partial charge in [0.25, 0.3) is 0 Å². The average molecular weight is 242 g/mol. The van der Waals surface area contributed by atoms with Gasteiger partial charge in [-0.05, 0) is 24.6 Å². The fourth-order valence-electron chi connectivity index (χ4n) is 1.90. The molecule has 0 aliphatic carbocycles. The van der Waals surface area contributed by atoms with Crippen LogP contribution >= 0.6 is 11.6 Å². The van der Waals surface area contributed by atoms with Crippen molar-refractivity contribution in [1.29, 1.82) is 0 Å². The summed E-state index contributed by atoms with van der Waals surface area (Å²) in [6.45, 7) is 3.52. The molecule has 1 heterocycles. The minimum atomic E-state index is 0.169. The third kappa shape index (κ3) is 2.48. The van der Waals surface area contributed by atoms with Crippen LogP contribution in [0.2, 0.25) is 5.02 Å². The molecular weight excluding hydrogens is 226 g/mol. The Hall–Kier alpha value is -0.770. The SMILES string of the molecule is COc1ccc(C2COCC(C)N2)c(Cl)c1. The van der Waals surface area contributed by atoms with Crippen molar-refractivity contribution in [3.8, 4) is 5.75 Å². The molecule has 0 spiro atoms. The first-order chi connectivity index (χ1) is 7.70. The van der Waals surface area contributed by atoms with Gasteiger partial charge in [0.15, 0.2) is 0 Å². The van der Waals surface area contributed by atoms with Gasteiger partial charge in [-0.3, -0.25) is 0 Å². The molecule has 4 heteroatoms. The zero-order chi connectivity index (χ0) is 11.5. The van der Waals surface area contributed by atoms with E-state index < -0.39 is 0 Å². The normalized spacial score (nSPS) is 25.4. The van der Waals surface area contributed by atoms with Gasteiger partial charge in [-0.25, -0.2) is 0 Å². The van der Waals surface area contributed by atoms with Crippen LogP contribution in [0, 0.1) is 0 Å². The van der Waals surface area contributed by atoms with Gasteiger partial charge < -0.3 is 14.8 Å². The molecule has 16 heavy (non-hydrogen) atoms. The van der Waals surface area contributed by atoms with E-state index in [2.05, 4.69) is 12.2 Å². The predicted molar refractivity (Wildman–Crippen MR) is 64.2 cm³/mol. The lowest BCUT2D eigenvalue weighted by Crippen LogP contribution is -2.41. The minimum Gasteiger partial charge on any atom is -0.497 e. The summed E-state index contributed by atoms with van der Waals surface area (Å²) < 4.78 is 10.6. The average Bonchev–Trinajstić information content (AvgIpc) is 2.28. The van der Waals surface area contributed by atoms with Crippen molar-refractivity contribution in [2.45, 2.75) is 19.0 Å². The molecule has 0 saturated carbocycles. The van der Waals surface area contributed by atoms with E-state index in [1.807, 2.05) is 18.2 Å². The summed E-state index contributed by atoms with van der Waals surface area (Å²) in [5.74, 6) is 0.776. The molecule has 1 aliphatic heterocycles. The van der Waals surface area contributed by atoms with Crippen molar-refractivity contribution < 1.29 is 9.47 Å². The Labute approximate surface area is 101 Å². The van der Waals surface area contributed by atoms with Crippen LogP contribution in [0.1, 0.15) is 18.5 Å². The first kappa shape index (κ1) is 11.7. The number of ether oxygens (including phenoxy) is 2. The zero-order valence-corrected chi connectivity index (χ0v) is 10.3. The Bertz CT molecular complexity index is 370. The number of morpholine rings is 1. The Morgan fingerprint density at radius 3 is 2.88 bits per heavy atom. The third-order valence-electron chi connectivity index (χ3n) is 2.72. The van der Waals surface area contributed by atoms with Gasteiger partial charge in [0.05, 0.1) is 26.4 Å². The molecule has 0 radical (unpaired) electrons. The highest BCUT2D eigenvalue weighted by Gasteiger charge is 2.21. The van der Waals surface area contributed by atoms with Crippen LogP contribution in [0.25, 0.3) is 0 Å². The Balaban J connectivity index is 2.19. The number of nitrogens with one attached hydrogen (secondary N) is 1. The minimum absolute atomic E-state index is 0.169. The van der Waals surface area contributed by atoms with Gasteiger partial charge in [-0.15, -0.1) is 0 Å². The van der Waals surface area contributed by atoms with Gasteiger partial charge in [-0.2, -0.15) is 0 Å². The second-order valence-electron chi connectivity index (χ2n) is 4.05. The quantitative estimate of drug-likeness (QED) is 0.863. The van der Waals surface area contributed by atoms with Crippen molar-refractivity contribution in [2.75, 3.05) is 20.3 Å². The molecule has 1 N–H and O–H groups in total. The molecule has 2 atom stereocenters. The number of halogens is 1. The lowest BCUT2D eigenvalue weighted by atomic mass is 10.1. The molecule has 1 aliphatic rings. The maximum absolute atomic E-state index is 6.21. The van der Waals surface area contributed by atoms with Crippen molar-refractivity contribution in [3.63, 3.8) is 0 Å². The van der Waals surface area contributed by atoms with Crippen LogP contribution in [0.15, 0.2) is 18.2 Å². The van der Waals surface area contributed by atoms with Gasteiger partial charge in [0.2, 0.25) is 0 Å². The molecule has 88 valence electrons. The van der Waals surface area contributed by atoms with Crippen LogP contribution in [0.3, 0.4) is 0 Å². The van der Waals surface area contributed by atoms with Crippen LogP contribution in [-0.2, 0) is 4.74 Å². The summed E-state index contributed by atoms with van der Waals surface area (Å²) in [5, 5.41) is 4.18. The van der Waals surface area contributed by atoms with Crippen molar-refractivity contribution in [3.05, 3.63) is 28.8 Å². The molecule has 1 aromatic carbocycles. The molecule has 0 amide bonds. The Morgan fingerprint density at radius 1 is 1.44 bits per heavy atom. The fraction of sp³-hybridized carbons (Fsp3) is 0.500. The summed E-state index contributed by atoms with van der Waals surface area (Å²) >= 11 is 6.21. The fourth-order valence-corrected chi connectivity index (χ4v) is 2.20. The second-order valence-corrected chi connectivity index (χ2v) is 4.45. The largest absolute Gasteiger partial charge is 0.497 e. The van der Waals surface area contributed by atoms with E-state index in [4.69, 9.17) is 21.1 Å². The summed E-state index contributed by atoms with van der Waals surface area (Å²) in [5.41, 5.74) is 1.06. The molecule has 1 fully saturated rings. The van der Waals surface area contributed by atoms with Gasteiger partial charge in [-0.1, -0.05) is 17.7 Å². The van der Waals surface area contributed by atoms with Gasteiger partial charge in [0, 0.05) is 11.1 Å². The highest BCUT2D eigenvalue weighted by molar-refractivity contribution is 6.31. The topological polar surface area (TPSA) is 30.5 Å². The highest BCUT2D eigenvalue weighted by Crippen LogP contribution is 2.28. The summed E-state index contributed by atoms with van der Waals surface area (Å²) in [6.07, 6.45) is 0. The number of methoxy groups -OCH3 is 1. The predicted octanol–water partition coefficient (Wildman–Crippen LogP) is 2.40. The van der Waals surface area contributed by atoms with Crippen LogP contribution in [0.4, 0.5) is 0 Å². The Kier molecular flexibility index (Phi) is 3.69. The van der Waals surface area contributed by atoms with E-state index in [-0.39, 0.29) is 6.04 Å². The first-order valence-corrected chi connectivity index (χ1v) is 5.75. The lowest BCUT2D eigenvalue weighted by molar-refractivity contribution is 0.0504. The lowest BCUT2D eigenvalue weighted by Gasteiger charge is -2.29. The maximum atomic E-state index is 6.21. The third-order valence-corrected chi connectivity index (χ3v) is 3.05. The molecule has 2 unspecified atom stereocenters. The number of hydrogen-bond acceptors (Lipinski definition) is 3. The van der Waals surface area contributed by atoms with Crippen LogP contribution in [-0.4, -0.2) is 26.4 Å². The smallest absolute Gasteiger partial charge is 0.120 e. The Morgan fingerprint density at radius 2 is 2.25 bits per heavy atom. The van der Waals surface area contributed by atoms with Crippen LogP contribution < -0.4 is 10.1 Å². The number of hydrogen-bond donors (Lipinski definition) is 1. The van der Waals surface area contributed by atoms with E-state index in [0.29, 0.717) is 12.6 Å². The number of rotatable bonds is 2. The maximum Gasteiger partial charge on any atom is 0.120 e. The standard InChI is InChI=1S/C12H16ClNO2/c1-8-6-16-7-12(14-8)10-4-3-9(15-2)5-11(10)13/h3-5,8,12,14H,6-7H2,1-2H3. The number of benzene rings is 1. The van der Waals surface area contributed by atoms with E-state index in [0.717, 1.165) is 22.9 Å². The first-order valence-electron chi connectivity index (χ1n) is 5.38. The molecule has 0 bridgehead atoms. The molecule has 2 rings (SSSR count). The second kappa shape index (κ2) is 5.04. The van der Waals surface area contributed by atoms with Gasteiger partial charge >= 0.3 is 0 Å². The van der Waals surface area contributed by atoms with E-state index >= 15 is 0 Å². The van der Waals surface area contributed by atoms with Crippen molar-refractivity contribution in [2.24, 2.45) is 0 Å². The molecular formula is C12H16ClNO2. The van der Waals surface area contributed by atoms with Crippen molar-refractivity contribution in [1.82, 2.24) is 5.32 Å². The van der Waals surface area contributed by atoms with Gasteiger partial charge in [0.1, 0.15) is 5.75 Å². The molecule has 0 aromatic heterocycles. The van der Waals surface area contributed by atoms with E-state index in [1.54, 1.807) is 7.11 Å². The summed E-state index contributed by atoms with van der Waals surface area (Å²) in [7, 11) is 1.63. The monoisotopic (exact) mass is 241 g/mol. The summed E-state index contributed by atoms with van der Waals surface area (Å²) in [6, 6.07) is 6.26. The molecule has 1 saturated heterocycles. The van der Waals surface area contributed by atoms with E-state index in [1.165, 1.54) is 0 Å². The molecule has 3 nitrogen and oxygen atoms in total. The highest BCUT2D eigenvalue weighted by atomic mass is 35.5. The zero-order valence-electron chi connectivity index (χ0n) is 9.50. The van der Waals surface area contributed by atoms with E-state index in [9.17, 15) is 0 Å².